The minimum atomic E-state index is -2.98. The predicted molar refractivity (Wildman–Crippen MR) is 73.6 cm³/mol. The van der Waals surface area contributed by atoms with Crippen LogP contribution in [-0.4, -0.2) is 63.6 Å². The van der Waals surface area contributed by atoms with Gasteiger partial charge in [-0.3, -0.25) is 4.79 Å². The van der Waals surface area contributed by atoms with Gasteiger partial charge in [0.1, 0.15) is 0 Å². The van der Waals surface area contributed by atoms with Crippen molar-refractivity contribution in [3.63, 3.8) is 0 Å². The van der Waals surface area contributed by atoms with Crippen LogP contribution in [0.25, 0.3) is 0 Å². The maximum atomic E-state index is 12.2. The molecular formula is C12H24N2O4S. The quantitative estimate of drug-likeness (QED) is 0.625. The van der Waals surface area contributed by atoms with E-state index in [9.17, 15) is 13.2 Å². The van der Waals surface area contributed by atoms with Crippen LogP contribution in [0.2, 0.25) is 0 Å². The van der Waals surface area contributed by atoms with Crippen molar-refractivity contribution in [1.29, 1.82) is 0 Å². The third-order valence-corrected chi connectivity index (χ3v) is 5.10. The molecule has 0 radical (unpaired) electrons. The van der Waals surface area contributed by atoms with Gasteiger partial charge in [-0.2, -0.15) is 0 Å². The van der Waals surface area contributed by atoms with Crippen LogP contribution in [-0.2, 0) is 19.4 Å². The number of unbranched alkanes of at least 4 members (excludes halogenated alkanes) is 1. The van der Waals surface area contributed by atoms with Crippen LogP contribution < -0.4 is 5.73 Å². The highest BCUT2D eigenvalue weighted by molar-refractivity contribution is 7.91. The Hall–Kier alpha value is -0.660. The van der Waals surface area contributed by atoms with Gasteiger partial charge in [0.2, 0.25) is 5.91 Å². The molecule has 0 bridgehead atoms. The average Bonchev–Trinajstić information content (AvgIpc) is 2.70. The minimum Gasteiger partial charge on any atom is -0.383 e. The summed E-state index contributed by atoms with van der Waals surface area (Å²) in [5.74, 6) is 0.268. The van der Waals surface area contributed by atoms with E-state index in [-0.39, 0.29) is 23.5 Å². The van der Waals surface area contributed by atoms with Crippen molar-refractivity contribution in [2.24, 2.45) is 5.73 Å². The first-order valence-corrected chi connectivity index (χ1v) is 8.51. The number of nitrogens with zero attached hydrogens (tertiary/aromatic N) is 1. The Morgan fingerprint density at radius 2 is 2.16 bits per heavy atom. The molecule has 6 nitrogen and oxygen atoms in total. The van der Waals surface area contributed by atoms with Gasteiger partial charge in [-0.05, 0) is 25.8 Å². The second kappa shape index (κ2) is 7.81. The number of hydrogen-bond acceptors (Lipinski definition) is 5. The van der Waals surface area contributed by atoms with E-state index in [4.69, 9.17) is 10.5 Å². The number of methoxy groups -OCH3 is 1. The fraction of sp³-hybridized carbons (Fsp3) is 0.917. The van der Waals surface area contributed by atoms with E-state index in [2.05, 4.69) is 0 Å². The summed E-state index contributed by atoms with van der Waals surface area (Å²) in [4.78, 5) is 13.8. The third-order valence-electron chi connectivity index (χ3n) is 3.35. The summed E-state index contributed by atoms with van der Waals surface area (Å²) in [5, 5.41) is 0. The lowest BCUT2D eigenvalue weighted by molar-refractivity contribution is -0.133. The maximum Gasteiger partial charge on any atom is 0.222 e. The van der Waals surface area contributed by atoms with E-state index in [1.54, 1.807) is 12.0 Å². The molecule has 1 heterocycles. The van der Waals surface area contributed by atoms with Crippen molar-refractivity contribution in [2.75, 3.05) is 38.3 Å². The normalized spacial score (nSPS) is 21.5. The monoisotopic (exact) mass is 292 g/mol. The summed E-state index contributed by atoms with van der Waals surface area (Å²) < 4.78 is 28.0. The van der Waals surface area contributed by atoms with Crippen LogP contribution >= 0.6 is 0 Å². The number of hydrogen-bond donors (Lipinski definition) is 1. The molecule has 1 amide bonds. The molecule has 7 heteroatoms. The third kappa shape index (κ3) is 5.46. The van der Waals surface area contributed by atoms with Gasteiger partial charge in [0.15, 0.2) is 9.84 Å². The maximum absolute atomic E-state index is 12.2. The fourth-order valence-electron chi connectivity index (χ4n) is 2.29. The molecule has 0 aliphatic carbocycles. The molecule has 112 valence electrons. The summed E-state index contributed by atoms with van der Waals surface area (Å²) in [5.41, 5.74) is 5.40. The second-order valence-electron chi connectivity index (χ2n) is 4.88. The lowest BCUT2D eigenvalue weighted by Crippen LogP contribution is -2.43. The van der Waals surface area contributed by atoms with Gasteiger partial charge in [0, 0.05) is 26.1 Å². The van der Waals surface area contributed by atoms with Crippen LogP contribution in [0.5, 0.6) is 0 Å². The molecule has 1 unspecified atom stereocenters. The highest BCUT2D eigenvalue weighted by Gasteiger charge is 2.34. The molecule has 1 saturated heterocycles. The van der Waals surface area contributed by atoms with Crippen LogP contribution in [0.15, 0.2) is 0 Å². The van der Waals surface area contributed by atoms with E-state index in [0.717, 1.165) is 12.8 Å². The highest BCUT2D eigenvalue weighted by atomic mass is 32.2. The second-order valence-corrected chi connectivity index (χ2v) is 7.11. The fourth-order valence-corrected chi connectivity index (χ4v) is 4.02. The van der Waals surface area contributed by atoms with E-state index >= 15 is 0 Å². The lowest BCUT2D eigenvalue weighted by Gasteiger charge is -2.28. The smallest absolute Gasteiger partial charge is 0.222 e. The van der Waals surface area contributed by atoms with Gasteiger partial charge in [0.05, 0.1) is 18.1 Å². The zero-order valence-corrected chi connectivity index (χ0v) is 12.3. The zero-order valence-electron chi connectivity index (χ0n) is 11.5. The van der Waals surface area contributed by atoms with Crippen molar-refractivity contribution in [2.45, 2.75) is 31.7 Å². The molecule has 0 aromatic carbocycles. The summed E-state index contributed by atoms with van der Waals surface area (Å²) >= 11 is 0. The summed E-state index contributed by atoms with van der Waals surface area (Å²) in [6, 6.07) is -0.189. The first-order chi connectivity index (χ1) is 9.00. The molecule has 0 saturated carbocycles. The number of nitrogens with two attached hydrogens (primary N) is 1. The molecule has 1 rings (SSSR count). The molecule has 1 aliphatic rings. The van der Waals surface area contributed by atoms with Crippen LogP contribution in [0, 0.1) is 0 Å². The first-order valence-electron chi connectivity index (χ1n) is 6.69. The average molecular weight is 292 g/mol. The van der Waals surface area contributed by atoms with Gasteiger partial charge in [-0.15, -0.1) is 0 Å². The van der Waals surface area contributed by atoms with E-state index in [1.165, 1.54) is 0 Å². The van der Waals surface area contributed by atoms with Gasteiger partial charge >= 0.3 is 0 Å². The van der Waals surface area contributed by atoms with Crippen LogP contribution in [0.3, 0.4) is 0 Å². The van der Waals surface area contributed by atoms with E-state index < -0.39 is 9.84 Å². The summed E-state index contributed by atoms with van der Waals surface area (Å²) in [6.45, 7) is 1.46. The van der Waals surface area contributed by atoms with Crippen molar-refractivity contribution in [1.82, 2.24) is 4.90 Å². The first kappa shape index (κ1) is 16.4. The van der Waals surface area contributed by atoms with E-state index in [1.807, 2.05) is 0 Å². The standard InChI is InChI=1S/C12H24N2O4S/c1-18-8-7-14(12(15)4-2-3-6-13)11-5-9-19(16,17)10-11/h11H,2-10,13H2,1H3. The lowest BCUT2D eigenvalue weighted by atomic mass is 10.1. The Kier molecular flexibility index (Phi) is 6.74. The number of carbonyl (C=O) groups is 1. The molecule has 0 aromatic heterocycles. The summed E-state index contributed by atoms with van der Waals surface area (Å²) in [6.07, 6.45) is 2.53. The van der Waals surface area contributed by atoms with E-state index in [0.29, 0.717) is 32.5 Å². The van der Waals surface area contributed by atoms with Gasteiger partial charge < -0.3 is 15.4 Å². The molecule has 1 fully saturated rings. The number of sulfone groups is 1. The topological polar surface area (TPSA) is 89.7 Å². The Balaban J connectivity index is 2.58. The number of rotatable bonds is 8. The number of amides is 1. The molecular weight excluding hydrogens is 268 g/mol. The van der Waals surface area contributed by atoms with Crippen molar-refractivity contribution < 1.29 is 17.9 Å². The zero-order chi connectivity index (χ0) is 14.3. The summed E-state index contributed by atoms with van der Waals surface area (Å²) in [7, 11) is -1.41. The van der Waals surface area contributed by atoms with Crippen LogP contribution in [0.1, 0.15) is 25.7 Å². The highest BCUT2D eigenvalue weighted by Crippen LogP contribution is 2.19. The van der Waals surface area contributed by atoms with Crippen molar-refractivity contribution in [3.8, 4) is 0 Å². The van der Waals surface area contributed by atoms with Gasteiger partial charge in [-0.25, -0.2) is 8.42 Å². The SMILES string of the molecule is COCCN(C(=O)CCCCN)C1CCS(=O)(=O)C1. The molecule has 1 atom stereocenters. The largest absolute Gasteiger partial charge is 0.383 e. The minimum absolute atomic E-state index is 0.00704. The number of ether oxygens (including phenoxy) is 1. The molecule has 2 N–H and O–H groups in total. The van der Waals surface area contributed by atoms with Crippen molar-refractivity contribution in [3.05, 3.63) is 0 Å². The Morgan fingerprint density at radius 3 is 2.68 bits per heavy atom. The predicted octanol–water partition coefficient (Wildman–Crippen LogP) is -0.222. The Bertz CT molecular complexity index is 383. The van der Waals surface area contributed by atoms with Gasteiger partial charge in [-0.1, -0.05) is 0 Å². The Labute approximate surface area is 115 Å². The molecule has 1 aliphatic heterocycles. The van der Waals surface area contributed by atoms with Crippen molar-refractivity contribution >= 4 is 15.7 Å². The molecule has 0 aromatic rings. The molecule has 0 spiro atoms. The van der Waals surface area contributed by atoms with Gasteiger partial charge in [0.25, 0.3) is 0 Å². The Morgan fingerprint density at radius 1 is 1.42 bits per heavy atom. The number of carbonyl (C=O) groups excluding carboxylic acids is 1. The molecule has 19 heavy (non-hydrogen) atoms. The van der Waals surface area contributed by atoms with Crippen LogP contribution in [0.4, 0.5) is 0 Å².